The van der Waals surface area contributed by atoms with Gasteiger partial charge in [-0.25, -0.2) is 0 Å². The Morgan fingerprint density at radius 1 is 0.846 bits per heavy atom. The average molecular weight is 376 g/mol. The highest BCUT2D eigenvalue weighted by molar-refractivity contribution is 6.30. The fraction of sp³-hybridized carbons (Fsp3) is 0.300. The van der Waals surface area contributed by atoms with Crippen molar-refractivity contribution in [2.75, 3.05) is 35.4 Å². The van der Waals surface area contributed by atoms with Crippen LogP contribution in [0.25, 0.3) is 0 Å². The van der Waals surface area contributed by atoms with Crippen LogP contribution in [-0.2, 0) is 6.54 Å². The molecule has 0 amide bonds. The summed E-state index contributed by atoms with van der Waals surface area (Å²) < 4.78 is 11.5. The first-order chi connectivity index (χ1) is 11.8. The zero-order chi connectivity index (χ0) is 18.4. The van der Waals surface area contributed by atoms with Gasteiger partial charge in [-0.1, -0.05) is 12.1 Å². The van der Waals surface area contributed by atoms with Gasteiger partial charge in [-0.05, 0) is 18.2 Å². The van der Waals surface area contributed by atoms with Gasteiger partial charge >= 0.3 is 0 Å². The largest absolute Gasteiger partial charge is 1.00 e. The minimum Gasteiger partial charge on any atom is -1.00 e. The fourth-order valence-corrected chi connectivity index (χ4v) is 3.28. The summed E-state index contributed by atoms with van der Waals surface area (Å²) in [6, 6.07) is 8.73. The van der Waals surface area contributed by atoms with Crippen LogP contribution in [0.15, 0.2) is 30.3 Å². The summed E-state index contributed by atoms with van der Waals surface area (Å²) in [5, 5.41) is 0. The van der Waals surface area contributed by atoms with Crippen LogP contribution in [-0.4, -0.2) is 51.4 Å². The molecule has 0 unspecified atom stereocenters. The fourth-order valence-electron chi connectivity index (χ4n) is 3.28. The van der Waals surface area contributed by atoms with E-state index in [4.69, 9.17) is 9.47 Å². The predicted octanol–water partition coefficient (Wildman–Crippen LogP) is -0.311. The first kappa shape index (κ1) is 19.9. The molecule has 1 aliphatic rings. The lowest BCUT2D eigenvalue weighted by molar-refractivity contribution is -0.884. The molecule has 6 heteroatoms. The van der Waals surface area contributed by atoms with Crippen LogP contribution in [0.4, 0.5) is 0 Å². The molecule has 5 nitrogen and oxygen atoms in total. The van der Waals surface area contributed by atoms with Gasteiger partial charge in [-0.15, -0.1) is 0 Å². The van der Waals surface area contributed by atoms with Crippen molar-refractivity contribution in [3.8, 4) is 11.5 Å². The van der Waals surface area contributed by atoms with Gasteiger partial charge < -0.3 is 26.4 Å². The number of fused-ring (bicyclic) bond motifs is 2. The van der Waals surface area contributed by atoms with E-state index in [1.54, 1.807) is 18.2 Å². The van der Waals surface area contributed by atoms with E-state index in [2.05, 4.69) is 21.1 Å². The third kappa shape index (κ3) is 3.32. The van der Waals surface area contributed by atoms with Gasteiger partial charge in [0.2, 0.25) is 5.78 Å². The molecule has 26 heavy (non-hydrogen) atoms. The number of carbonyl (C=O) groups excluding carboxylic acids is 2. The quantitative estimate of drug-likeness (QED) is 0.587. The summed E-state index contributed by atoms with van der Waals surface area (Å²) in [5.74, 6) is 0.413. The first-order valence-electron chi connectivity index (χ1n) is 8.04. The van der Waals surface area contributed by atoms with Gasteiger partial charge in [-0.3, -0.25) is 9.59 Å². The minimum atomic E-state index is -0.240. The zero-order valence-electron chi connectivity index (χ0n) is 15.6. The molecule has 1 aliphatic carbocycles. The van der Waals surface area contributed by atoms with Gasteiger partial charge in [0.15, 0.2) is 5.78 Å². The van der Waals surface area contributed by atoms with Crippen molar-refractivity contribution in [3.05, 3.63) is 58.1 Å². The van der Waals surface area contributed by atoms with Crippen molar-refractivity contribution in [1.29, 1.82) is 0 Å². The molecular formula is C20H22ClNO4. The van der Waals surface area contributed by atoms with Crippen LogP contribution in [0.3, 0.4) is 0 Å². The van der Waals surface area contributed by atoms with Crippen LogP contribution in [0.2, 0.25) is 0 Å². The Hall–Kier alpha value is -2.37. The summed E-state index contributed by atoms with van der Waals surface area (Å²) in [6.45, 7) is 0.718. The highest BCUT2D eigenvalue weighted by Crippen LogP contribution is 2.38. The molecule has 0 aromatic heterocycles. The van der Waals surface area contributed by atoms with Crippen LogP contribution in [0.1, 0.15) is 37.4 Å². The average Bonchev–Trinajstić information content (AvgIpc) is 2.56. The number of nitrogens with zero attached hydrogens (tertiary/aromatic N) is 1. The molecule has 0 N–H and O–H groups in total. The maximum Gasteiger partial charge on any atom is 0.201 e. The normalized spacial score (nSPS) is 12.8. The van der Waals surface area contributed by atoms with Crippen molar-refractivity contribution < 1.29 is 36.0 Å². The molecule has 0 bridgehead atoms. The number of quaternary nitrogens is 1. The van der Waals surface area contributed by atoms with Crippen molar-refractivity contribution in [2.45, 2.75) is 6.54 Å². The first-order valence-corrected chi connectivity index (χ1v) is 8.04. The predicted molar refractivity (Wildman–Crippen MR) is 94.6 cm³/mol. The number of hydrogen-bond donors (Lipinski definition) is 0. The Kier molecular flexibility index (Phi) is 5.44. The summed E-state index contributed by atoms with van der Waals surface area (Å²) >= 11 is 0. The Balaban J connectivity index is 0.00000243. The van der Waals surface area contributed by atoms with E-state index in [0.717, 1.165) is 12.1 Å². The van der Waals surface area contributed by atoms with Gasteiger partial charge in [0.1, 0.15) is 18.0 Å². The third-order valence-electron chi connectivity index (χ3n) is 4.23. The number of benzene rings is 2. The molecule has 138 valence electrons. The molecule has 0 aliphatic heterocycles. The Bertz CT molecular complexity index is 884. The minimum absolute atomic E-state index is 0. The molecule has 0 spiro atoms. The molecule has 0 radical (unpaired) electrons. The molecular weight excluding hydrogens is 354 g/mol. The lowest BCUT2D eigenvalue weighted by atomic mass is 9.82. The summed E-state index contributed by atoms with van der Waals surface area (Å²) in [7, 11) is 9.21. The Morgan fingerprint density at radius 3 is 2.04 bits per heavy atom. The molecule has 0 heterocycles. The summed E-state index contributed by atoms with van der Waals surface area (Å²) in [6.07, 6.45) is 0. The number of hydrogen-bond acceptors (Lipinski definition) is 4. The number of ketones is 2. The second-order valence-corrected chi connectivity index (χ2v) is 7.21. The lowest BCUT2D eigenvalue weighted by Gasteiger charge is -2.26. The zero-order valence-corrected chi connectivity index (χ0v) is 16.3. The Labute approximate surface area is 159 Å². The van der Waals surface area contributed by atoms with Crippen LogP contribution in [0.5, 0.6) is 11.5 Å². The third-order valence-corrected chi connectivity index (χ3v) is 4.23. The number of carbonyl (C=O) groups is 2. The molecule has 0 fully saturated rings. The molecule has 2 aromatic carbocycles. The van der Waals surface area contributed by atoms with E-state index in [1.165, 1.54) is 14.2 Å². The standard InChI is InChI=1S/C20H22NO4.ClH/c1-21(2,3)11-12-9-14-18(16(10-12)25-5)20(23)17-13(19(14)22)7-6-8-15(17)24-4;/h6-10H,11H2,1-5H3;1H/q+1;/p-1. The lowest BCUT2D eigenvalue weighted by Crippen LogP contribution is -3.00. The Morgan fingerprint density at radius 2 is 1.46 bits per heavy atom. The summed E-state index contributed by atoms with van der Waals surface area (Å²) in [5.41, 5.74) is 2.35. The maximum atomic E-state index is 13.1. The van der Waals surface area contributed by atoms with Crippen molar-refractivity contribution in [2.24, 2.45) is 0 Å². The second kappa shape index (κ2) is 7.09. The molecule has 0 saturated heterocycles. The van der Waals surface area contributed by atoms with Crippen molar-refractivity contribution in [1.82, 2.24) is 0 Å². The van der Waals surface area contributed by atoms with E-state index in [9.17, 15) is 9.59 Å². The van der Waals surface area contributed by atoms with E-state index >= 15 is 0 Å². The van der Waals surface area contributed by atoms with Crippen LogP contribution < -0.4 is 21.9 Å². The monoisotopic (exact) mass is 375 g/mol. The molecule has 3 rings (SSSR count). The van der Waals surface area contributed by atoms with Gasteiger partial charge in [0.05, 0.1) is 46.5 Å². The topological polar surface area (TPSA) is 52.6 Å². The highest BCUT2D eigenvalue weighted by atomic mass is 35.5. The van der Waals surface area contributed by atoms with Crippen LogP contribution in [0, 0.1) is 0 Å². The van der Waals surface area contributed by atoms with Crippen molar-refractivity contribution >= 4 is 11.6 Å². The van der Waals surface area contributed by atoms with E-state index in [-0.39, 0.29) is 24.0 Å². The second-order valence-electron chi connectivity index (χ2n) is 7.21. The number of ether oxygens (including phenoxy) is 2. The van der Waals surface area contributed by atoms with E-state index in [0.29, 0.717) is 38.2 Å². The number of rotatable bonds is 4. The van der Waals surface area contributed by atoms with Crippen molar-refractivity contribution in [3.63, 3.8) is 0 Å². The number of halogens is 1. The number of methoxy groups -OCH3 is 2. The smallest absolute Gasteiger partial charge is 0.201 e. The van der Waals surface area contributed by atoms with Gasteiger partial charge in [0, 0.05) is 16.7 Å². The SMILES string of the molecule is COc1cccc2c1C(=O)c1c(OC)cc(C[N+](C)(C)C)cc1C2=O.[Cl-]. The van der Waals surface area contributed by atoms with Gasteiger partial charge in [0.25, 0.3) is 0 Å². The molecule has 2 aromatic rings. The highest BCUT2D eigenvalue weighted by Gasteiger charge is 2.35. The van der Waals surface area contributed by atoms with Crippen LogP contribution >= 0.6 is 0 Å². The maximum absolute atomic E-state index is 13.1. The summed E-state index contributed by atoms with van der Waals surface area (Å²) in [4.78, 5) is 26.1. The van der Waals surface area contributed by atoms with E-state index in [1.807, 2.05) is 12.1 Å². The van der Waals surface area contributed by atoms with Gasteiger partial charge in [-0.2, -0.15) is 0 Å². The molecule has 0 saturated carbocycles. The van der Waals surface area contributed by atoms with E-state index < -0.39 is 0 Å². The molecule has 0 atom stereocenters.